The lowest BCUT2D eigenvalue weighted by atomic mass is 10.1. The Balaban J connectivity index is 1.94. The molecule has 0 unspecified atom stereocenters. The number of carbonyl (C=O) groups excluding carboxylic acids is 2. The molecule has 7 heteroatoms. The standard InChI is InChI=1S/C16H18ClN3O2S/c1-19(2)10-6-7-20(9-10)13-5-3-4-12(17)11(13)8-14-15(21)18-16(22)23-14/h3-5,8,10H,6-7,9H2,1-2H3,(H,18,21,22)/b14-8-/t10-/m0/s1. The molecule has 0 aromatic heterocycles. The molecule has 2 heterocycles. The van der Waals surface area contributed by atoms with Gasteiger partial charge in [0.25, 0.3) is 11.1 Å². The number of nitrogens with zero attached hydrogens (tertiary/aromatic N) is 2. The third kappa shape index (κ3) is 3.39. The number of benzene rings is 1. The summed E-state index contributed by atoms with van der Waals surface area (Å²) in [6.45, 7) is 1.86. The number of carbonyl (C=O) groups is 2. The predicted octanol–water partition coefficient (Wildman–Crippen LogP) is 2.80. The smallest absolute Gasteiger partial charge is 0.290 e. The average molecular weight is 352 g/mol. The fourth-order valence-electron chi connectivity index (χ4n) is 2.88. The quantitative estimate of drug-likeness (QED) is 0.849. The molecule has 2 saturated heterocycles. The Kier molecular flexibility index (Phi) is 4.66. The fraction of sp³-hybridized carbons (Fsp3) is 0.375. The number of anilines is 1. The Morgan fingerprint density at radius 1 is 1.39 bits per heavy atom. The topological polar surface area (TPSA) is 52.6 Å². The minimum atomic E-state index is -0.363. The highest BCUT2D eigenvalue weighted by molar-refractivity contribution is 8.18. The zero-order valence-electron chi connectivity index (χ0n) is 13.0. The van der Waals surface area contributed by atoms with Crippen molar-refractivity contribution in [1.29, 1.82) is 0 Å². The first kappa shape index (κ1) is 16.4. The highest BCUT2D eigenvalue weighted by Gasteiger charge is 2.28. The van der Waals surface area contributed by atoms with Crippen LogP contribution < -0.4 is 10.2 Å². The third-order valence-corrected chi connectivity index (χ3v) is 5.32. The van der Waals surface area contributed by atoms with Crippen LogP contribution in [-0.4, -0.2) is 49.3 Å². The molecule has 3 rings (SSSR count). The molecule has 0 aliphatic carbocycles. The van der Waals surface area contributed by atoms with E-state index in [0.29, 0.717) is 16.0 Å². The molecule has 5 nitrogen and oxygen atoms in total. The number of hydrogen-bond donors (Lipinski definition) is 1. The van der Waals surface area contributed by atoms with Gasteiger partial charge in [-0.15, -0.1) is 0 Å². The first-order valence-electron chi connectivity index (χ1n) is 7.40. The van der Waals surface area contributed by atoms with Crippen LogP contribution in [0.4, 0.5) is 10.5 Å². The lowest BCUT2D eigenvalue weighted by Crippen LogP contribution is -2.31. The van der Waals surface area contributed by atoms with Crippen LogP contribution in [0.3, 0.4) is 0 Å². The number of halogens is 1. The molecule has 2 amide bonds. The largest absolute Gasteiger partial charge is 0.369 e. The summed E-state index contributed by atoms with van der Waals surface area (Å²) in [5, 5.41) is 2.51. The summed E-state index contributed by atoms with van der Waals surface area (Å²) in [5.74, 6) is -0.363. The van der Waals surface area contributed by atoms with Gasteiger partial charge in [0.15, 0.2) is 0 Å². The summed E-state index contributed by atoms with van der Waals surface area (Å²) in [7, 11) is 4.17. The molecule has 0 spiro atoms. The van der Waals surface area contributed by atoms with E-state index in [4.69, 9.17) is 11.6 Å². The van der Waals surface area contributed by atoms with Gasteiger partial charge in [0.2, 0.25) is 0 Å². The van der Waals surface area contributed by atoms with Crippen LogP contribution >= 0.6 is 23.4 Å². The number of thioether (sulfide) groups is 1. The SMILES string of the molecule is CN(C)[C@H]1CCN(c2cccc(Cl)c2/C=C2\SC(=O)NC2=O)C1. The van der Waals surface area contributed by atoms with Gasteiger partial charge in [0, 0.05) is 35.4 Å². The van der Waals surface area contributed by atoms with Crippen LogP contribution in [0.2, 0.25) is 5.02 Å². The van der Waals surface area contributed by atoms with Crippen molar-refractivity contribution >= 4 is 46.3 Å². The molecule has 1 aromatic carbocycles. The minimum absolute atomic E-state index is 0.344. The minimum Gasteiger partial charge on any atom is -0.369 e. The molecule has 122 valence electrons. The van der Waals surface area contributed by atoms with Crippen LogP contribution in [0.15, 0.2) is 23.1 Å². The van der Waals surface area contributed by atoms with Crippen molar-refractivity contribution in [2.75, 3.05) is 32.1 Å². The van der Waals surface area contributed by atoms with Gasteiger partial charge in [0.1, 0.15) is 0 Å². The summed E-state index contributed by atoms with van der Waals surface area (Å²) in [5.41, 5.74) is 1.79. The molecule has 1 aromatic rings. The van der Waals surface area contributed by atoms with Gasteiger partial charge >= 0.3 is 0 Å². The van der Waals surface area contributed by atoms with Crippen molar-refractivity contribution in [3.63, 3.8) is 0 Å². The number of nitrogens with one attached hydrogen (secondary N) is 1. The van der Waals surface area contributed by atoms with Crippen molar-refractivity contribution in [1.82, 2.24) is 10.2 Å². The maximum Gasteiger partial charge on any atom is 0.290 e. The molecule has 2 aliphatic heterocycles. The second kappa shape index (κ2) is 6.55. The van der Waals surface area contributed by atoms with E-state index in [1.165, 1.54) is 0 Å². The highest BCUT2D eigenvalue weighted by atomic mass is 35.5. The van der Waals surface area contributed by atoms with Gasteiger partial charge in [-0.05, 0) is 50.5 Å². The van der Waals surface area contributed by atoms with Crippen molar-refractivity contribution in [3.8, 4) is 0 Å². The second-order valence-corrected chi connectivity index (χ2v) is 7.30. The molecule has 2 aliphatic rings. The molecule has 1 atom stereocenters. The summed E-state index contributed by atoms with van der Waals surface area (Å²) in [4.78, 5) is 28.0. The van der Waals surface area contributed by atoms with E-state index >= 15 is 0 Å². The van der Waals surface area contributed by atoms with Crippen LogP contribution in [0.1, 0.15) is 12.0 Å². The zero-order valence-corrected chi connectivity index (χ0v) is 14.6. The molecule has 0 bridgehead atoms. The predicted molar refractivity (Wildman–Crippen MR) is 94.9 cm³/mol. The average Bonchev–Trinajstić information content (AvgIpc) is 3.08. The molecule has 23 heavy (non-hydrogen) atoms. The van der Waals surface area contributed by atoms with E-state index in [9.17, 15) is 9.59 Å². The van der Waals surface area contributed by atoms with E-state index < -0.39 is 0 Å². The van der Waals surface area contributed by atoms with E-state index in [2.05, 4.69) is 29.2 Å². The summed E-state index contributed by atoms with van der Waals surface area (Å²) in [6.07, 6.45) is 2.80. The number of likely N-dealkylation sites (N-methyl/N-ethyl adjacent to an activating group) is 1. The van der Waals surface area contributed by atoms with Crippen LogP contribution in [0, 0.1) is 0 Å². The zero-order chi connectivity index (χ0) is 16.6. The van der Waals surface area contributed by atoms with Crippen molar-refractivity contribution in [2.24, 2.45) is 0 Å². The van der Waals surface area contributed by atoms with Crippen LogP contribution in [-0.2, 0) is 4.79 Å². The lowest BCUT2D eigenvalue weighted by molar-refractivity contribution is -0.115. The molecular weight excluding hydrogens is 334 g/mol. The van der Waals surface area contributed by atoms with Gasteiger partial charge in [-0.3, -0.25) is 14.9 Å². The van der Waals surface area contributed by atoms with Crippen LogP contribution in [0.5, 0.6) is 0 Å². The van der Waals surface area contributed by atoms with E-state index in [-0.39, 0.29) is 11.1 Å². The van der Waals surface area contributed by atoms with Gasteiger partial charge in [-0.2, -0.15) is 0 Å². The maximum absolute atomic E-state index is 11.8. The van der Waals surface area contributed by atoms with Gasteiger partial charge in [-0.1, -0.05) is 17.7 Å². The van der Waals surface area contributed by atoms with E-state index in [1.54, 1.807) is 12.1 Å². The van der Waals surface area contributed by atoms with Gasteiger partial charge in [0.05, 0.1) is 4.91 Å². The Labute approximate surface area is 144 Å². The third-order valence-electron chi connectivity index (χ3n) is 4.18. The van der Waals surface area contributed by atoms with Crippen molar-refractivity contribution in [3.05, 3.63) is 33.7 Å². The molecular formula is C16H18ClN3O2S. The summed E-state index contributed by atoms with van der Waals surface area (Å²) >= 11 is 7.27. The summed E-state index contributed by atoms with van der Waals surface area (Å²) in [6, 6.07) is 6.22. The van der Waals surface area contributed by atoms with Crippen molar-refractivity contribution < 1.29 is 9.59 Å². The summed E-state index contributed by atoms with van der Waals surface area (Å²) < 4.78 is 0. The van der Waals surface area contributed by atoms with Crippen molar-refractivity contribution in [2.45, 2.75) is 12.5 Å². The Morgan fingerprint density at radius 3 is 2.78 bits per heavy atom. The molecule has 0 saturated carbocycles. The van der Waals surface area contributed by atoms with E-state index in [0.717, 1.165) is 42.5 Å². The fourth-order valence-corrected chi connectivity index (χ4v) is 3.77. The van der Waals surface area contributed by atoms with Crippen LogP contribution in [0.25, 0.3) is 6.08 Å². The van der Waals surface area contributed by atoms with E-state index in [1.807, 2.05) is 12.1 Å². The monoisotopic (exact) mass is 351 g/mol. The Bertz CT molecular complexity index is 690. The molecule has 0 radical (unpaired) electrons. The maximum atomic E-state index is 11.8. The second-order valence-electron chi connectivity index (χ2n) is 5.88. The molecule has 1 N–H and O–H groups in total. The first-order chi connectivity index (χ1) is 11.0. The number of amides is 2. The Morgan fingerprint density at radius 2 is 2.17 bits per heavy atom. The lowest BCUT2D eigenvalue weighted by Gasteiger charge is -2.24. The molecule has 2 fully saturated rings. The number of hydrogen-bond acceptors (Lipinski definition) is 5. The normalized spacial score (nSPS) is 23.2. The first-order valence-corrected chi connectivity index (χ1v) is 8.60. The number of rotatable bonds is 3. The highest BCUT2D eigenvalue weighted by Crippen LogP contribution is 2.35. The number of imide groups is 1. The van der Waals surface area contributed by atoms with Gasteiger partial charge in [-0.25, -0.2) is 0 Å². The van der Waals surface area contributed by atoms with Gasteiger partial charge < -0.3 is 9.80 Å². The Hall–Kier alpha value is -1.50.